The minimum atomic E-state index is -4.66. The van der Waals surface area contributed by atoms with Crippen molar-refractivity contribution in [2.75, 3.05) is 0 Å². The van der Waals surface area contributed by atoms with Crippen LogP contribution < -0.4 is 0 Å². The van der Waals surface area contributed by atoms with E-state index in [-0.39, 0.29) is 26.7 Å². The van der Waals surface area contributed by atoms with Gasteiger partial charge in [-0.3, -0.25) is 14.1 Å². The molecule has 0 amide bonds. The standard InChI is InChI=1S/C26H16Cl2O10S3/c27-17-7-9-23(21(13-17)25(29)15-3-1-5-19(11-15)39-38-37-31)40(32,33)24-10-8-18(28)14-22(24)26(30)16-4-2-6-20(12-16)41(34,35)36/h1-14,31H,(H,34,35,36). The Kier molecular flexibility index (Phi) is 9.33. The first kappa shape index (κ1) is 30.8. The van der Waals surface area contributed by atoms with Crippen molar-refractivity contribution in [3.8, 4) is 0 Å². The van der Waals surface area contributed by atoms with E-state index in [4.69, 9.17) is 28.5 Å². The van der Waals surface area contributed by atoms with Crippen molar-refractivity contribution in [3.63, 3.8) is 0 Å². The predicted molar refractivity (Wildman–Crippen MR) is 149 cm³/mol. The molecule has 0 spiro atoms. The number of carbonyl (C=O) groups is 2. The van der Waals surface area contributed by atoms with Crippen LogP contribution in [0.15, 0.2) is 105 Å². The fourth-order valence-electron chi connectivity index (χ4n) is 3.80. The Balaban J connectivity index is 1.85. The summed E-state index contributed by atoms with van der Waals surface area (Å²) in [6.07, 6.45) is 0. The van der Waals surface area contributed by atoms with Crippen LogP contribution in [0.4, 0.5) is 0 Å². The second-order valence-corrected chi connectivity index (χ2v) is 13.2. The summed E-state index contributed by atoms with van der Waals surface area (Å²) in [6.45, 7) is 0. The van der Waals surface area contributed by atoms with Crippen molar-refractivity contribution in [1.29, 1.82) is 0 Å². The van der Waals surface area contributed by atoms with Gasteiger partial charge in [0.05, 0.1) is 26.7 Å². The van der Waals surface area contributed by atoms with Gasteiger partial charge < -0.3 is 0 Å². The molecule has 212 valence electrons. The van der Waals surface area contributed by atoms with Gasteiger partial charge in [0.1, 0.15) is 0 Å². The van der Waals surface area contributed by atoms with Crippen LogP contribution in [0.3, 0.4) is 0 Å². The summed E-state index contributed by atoms with van der Waals surface area (Å²) in [5, 5.41) is 12.0. The van der Waals surface area contributed by atoms with Crippen LogP contribution >= 0.6 is 35.2 Å². The first-order valence-electron chi connectivity index (χ1n) is 11.1. The van der Waals surface area contributed by atoms with Crippen LogP contribution in [-0.2, 0) is 29.3 Å². The number of hydrogen-bond donors (Lipinski definition) is 2. The van der Waals surface area contributed by atoms with Crippen molar-refractivity contribution in [3.05, 3.63) is 117 Å². The van der Waals surface area contributed by atoms with Crippen molar-refractivity contribution < 1.29 is 45.6 Å². The Morgan fingerprint density at radius 1 is 0.707 bits per heavy atom. The number of hydrogen-bond acceptors (Lipinski definition) is 10. The van der Waals surface area contributed by atoms with Crippen molar-refractivity contribution in [2.45, 2.75) is 19.6 Å². The molecule has 0 aliphatic rings. The van der Waals surface area contributed by atoms with E-state index in [1.165, 1.54) is 42.5 Å². The zero-order valence-corrected chi connectivity index (χ0v) is 24.2. The van der Waals surface area contributed by atoms with Crippen LogP contribution in [-0.4, -0.2) is 38.2 Å². The number of carbonyl (C=O) groups excluding carboxylic acids is 2. The van der Waals surface area contributed by atoms with Gasteiger partial charge >= 0.3 is 0 Å². The van der Waals surface area contributed by atoms with E-state index < -0.39 is 51.8 Å². The van der Waals surface area contributed by atoms with E-state index in [2.05, 4.69) is 9.37 Å². The number of sulfone groups is 1. The molecule has 0 atom stereocenters. The quantitative estimate of drug-likeness (QED) is 0.0682. The highest BCUT2D eigenvalue weighted by atomic mass is 35.5. The zero-order chi connectivity index (χ0) is 29.9. The van der Waals surface area contributed by atoms with Crippen molar-refractivity contribution >= 4 is 66.8 Å². The van der Waals surface area contributed by atoms with E-state index in [0.29, 0.717) is 16.9 Å². The van der Waals surface area contributed by atoms with Gasteiger partial charge in [-0.25, -0.2) is 13.7 Å². The molecular weight excluding hydrogens is 639 g/mol. The lowest BCUT2D eigenvalue weighted by Gasteiger charge is -2.14. The molecule has 2 N–H and O–H groups in total. The normalized spacial score (nSPS) is 11.8. The summed E-state index contributed by atoms with van der Waals surface area (Å²) in [7, 11) is -9.27. The Labute approximate surface area is 248 Å². The Morgan fingerprint density at radius 2 is 1.22 bits per heavy atom. The van der Waals surface area contributed by atoms with Gasteiger partial charge in [-0.05, 0) is 60.7 Å². The molecule has 0 aliphatic carbocycles. The number of benzene rings is 4. The molecule has 0 bridgehead atoms. The average Bonchev–Trinajstić information content (AvgIpc) is 2.94. The summed E-state index contributed by atoms with van der Waals surface area (Å²) in [6, 6.07) is 17.2. The van der Waals surface area contributed by atoms with Crippen molar-refractivity contribution in [2.24, 2.45) is 0 Å². The SMILES string of the molecule is O=C(c1cccc(SOOO)c1)c1cc(Cl)ccc1S(=O)(=O)c1ccc(Cl)cc1C(=O)c1cccc(S(=O)(=O)O)c1. The topological polar surface area (TPSA) is 161 Å². The lowest BCUT2D eigenvalue weighted by molar-refractivity contribution is -0.432. The van der Waals surface area contributed by atoms with Gasteiger partial charge in [0.2, 0.25) is 9.84 Å². The molecule has 10 nitrogen and oxygen atoms in total. The summed E-state index contributed by atoms with van der Waals surface area (Å²) in [5.74, 6) is -1.64. The van der Waals surface area contributed by atoms with E-state index in [0.717, 1.165) is 36.4 Å². The lowest BCUT2D eigenvalue weighted by atomic mass is 10.0. The highest BCUT2D eigenvalue weighted by Gasteiger charge is 2.30. The van der Waals surface area contributed by atoms with Gasteiger partial charge in [-0.1, -0.05) is 52.5 Å². The predicted octanol–water partition coefficient (Wildman–Crippen LogP) is 5.96. The molecule has 0 aromatic heterocycles. The second-order valence-electron chi connectivity index (χ2n) is 8.20. The van der Waals surface area contributed by atoms with Gasteiger partial charge in [0.25, 0.3) is 10.1 Å². The molecule has 4 aromatic rings. The third-order valence-corrected chi connectivity index (χ3v) is 9.37. The van der Waals surface area contributed by atoms with Gasteiger partial charge in [0, 0.05) is 37.2 Å². The maximum atomic E-state index is 14.0. The van der Waals surface area contributed by atoms with Crippen molar-refractivity contribution in [1.82, 2.24) is 0 Å². The molecular formula is C26H16Cl2O10S3. The lowest BCUT2D eigenvalue weighted by Crippen LogP contribution is -2.15. The number of rotatable bonds is 10. The van der Waals surface area contributed by atoms with E-state index in [1.54, 1.807) is 6.07 Å². The monoisotopic (exact) mass is 654 g/mol. The second kappa shape index (κ2) is 12.4. The molecule has 0 fully saturated rings. The molecule has 4 rings (SSSR count). The van der Waals surface area contributed by atoms with Crippen LogP contribution in [0, 0.1) is 0 Å². The average molecular weight is 656 g/mol. The minimum Gasteiger partial charge on any atom is -0.289 e. The highest BCUT2D eigenvalue weighted by Crippen LogP contribution is 2.33. The van der Waals surface area contributed by atoms with Crippen LogP contribution in [0.1, 0.15) is 31.8 Å². The molecule has 41 heavy (non-hydrogen) atoms. The Hall–Kier alpha value is -3.11. The summed E-state index contributed by atoms with van der Waals surface area (Å²) in [5.41, 5.74) is -0.905. The maximum Gasteiger partial charge on any atom is 0.294 e. The van der Waals surface area contributed by atoms with Gasteiger partial charge in [-0.15, -0.1) is 4.33 Å². The molecule has 15 heteroatoms. The maximum absolute atomic E-state index is 14.0. The molecule has 0 unspecified atom stereocenters. The van der Waals surface area contributed by atoms with E-state index >= 15 is 0 Å². The molecule has 0 saturated heterocycles. The molecule has 0 aliphatic heterocycles. The summed E-state index contributed by atoms with van der Waals surface area (Å²) < 4.78 is 64.9. The molecule has 0 radical (unpaired) electrons. The van der Waals surface area contributed by atoms with Gasteiger partial charge in [-0.2, -0.15) is 8.42 Å². The van der Waals surface area contributed by atoms with Crippen LogP contribution in [0.5, 0.6) is 0 Å². The molecule has 0 heterocycles. The fourth-order valence-corrected chi connectivity index (χ4v) is 6.70. The molecule has 0 saturated carbocycles. The highest BCUT2D eigenvalue weighted by molar-refractivity contribution is 7.94. The zero-order valence-electron chi connectivity index (χ0n) is 20.2. The molecule has 4 aromatic carbocycles. The summed E-state index contributed by atoms with van der Waals surface area (Å²) >= 11 is 12.8. The fraction of sp³-hybridized carbons (Fsp3) is 0. The van der Waals surface area contributed by atoms with E-state index in [9.17, 15) is 31.0 Å². The number of ketones is 2. The Morgan fingerprint density at radius 3 is 1.73 bits per heavy atom. The minimum absolute atomic E-state index is 0.00836. The summed E-state index contributed by atoms with van der Waals surface area (Å²) in [4.78, 5) is 25.8. The smallest absolute Gasteiger partial charge is 0.289 e. The van der Waals surface area contributed by atoms with E-state index in [1.807, 2.05) is 0 Å². The van der Waals surface area contributed by atoms with Gasteiger partial charge in [0.15, 0.2) is 11.6 Å². The third kappa shape index (κ3) is 6.86. The Bertz CT molecular complexity index is 1890. The number of halogens is 2. The first-order chi connectivity index (χ1) is 19.3. The largest absolute Gasteiger partial charge is 0.294 e. The van der Waals surface area contributed by atoms with Crippen LogP contribution in [0.2, 0.25) is 10.0 Å². The first-order valence-corrected chi connectivity index (χ1v) is 15.5. The van der Waals surface area contributed by atoms with Crippen LogP contribution in [0.25, 0.3) is 0 Å². The third-order valence-electron chi connectivity index (χ3n) is 5.60.